The van der Waals surface area contributed by atoms with Crippen molar-refractivity contribution in [2.24, 2.45) is 0 Å². The third-order valence-corrected chi connectivity index (χ3v) is 5.95. The highest BCUT2D eigenvalue weighted by molar-refractivity contribution is 5.86. The largest absolute Gasteiger partial charge is 0.433 e. The monoisotopic (exact) mass is 452 g/mol. The summed E-state index contributed by atoms with van der Waals surface area (Å²) in [5.41, 5.74) is -1.74. The van der Waals surface area contributed by atoms with E-state index >= 15 is 0 Å². The van der Waals surface area contributed by atoms with Crippen molar-refractivity contribution >= 4 is 10.9 Å². The number of pyridine rings is 1. The maximum absolute atomic E-state index is 13.5. The van der Waals surface area contributed by atoms with Gasteiger partial charge in [0.25, 0.3) is 0 Å². The van der Waals surface area contributed by atoms with Gasteiger partial charge in [-0.1, -0.05) is 48.9 Å². The summed E-state index contributed by atoms with van der Waals surface area (Å²) in [5.74, 6) is 0. The fraction of sp³-hybridized carbons (Fsp3) is 0.375. The quantitative estimate of drug-likeness (QED) is 0.402. The van der Waals surface area contributed by atoms with Crippen molar-refractivity contribution in [1.29, 1.82) is 0 Å². The van der Waals surface area contributed by atoms with Crippen molar-refractivity contribution in [1.82, 2.24) is 9.88 Å². The minimum Gasteiger partial charge on any atom is -0.296 e. The average molecular weight is 452 g/mol. The van der Waals surface area contributed by atoms with Crippen molar-refractivity contribution in [2.75, 3.05) is 6.54 Å². The van der Waals surface area contributed by atoms with Crippen molar-refractivity contribution in [3.63, 3.8) is 0 Å². The number of aromatic nitrogens is 1. The van der Waals surface area contributed by atoms with Gasteiger partial charge in [0.2, 0.25) is 0 Å². The fourth-order valence-electron chi connectivity index (χ4n) is 4.43. The molecule has 0 spiro atoms. The van der Waals surface area contributed by atoms with E-state index in [1.807, 2.05) is 30.3 Å². The van der Waals surface area contributed by atoms with Crippen molar-refractivity contribution in [3.05, 3.63) is 77.0 Å². The molecule has 3 aromatic rings. The Bertz CT molecular complexity index is 1080. The number of para-hydroxylation sites is 1. The molecule has 1 atom stereocenters. The van der Waals surface area contributed by atoms with Gasteiger partial charge in [0.15, 0.2) is 0 Å². The molecule has 4 rings (SSSR count). The Hall–Kier alpha value is -2.61. The van der Waals surface area contributed by atoms with Crippen LogP contribution in [0.4, 0.5) is 26.3 Å². The van der Waals surface area contributed by atoms with Gasteiger partial charge in [-0.3, -0.25) is 4.90 Å². The van der Waals surface area contributed by atoms with Crippen LogP contribution in [-0.2, 0) is 25.3 Å². The van der Waals surface area contributed by atoms with Gasteiger partial charge >= 0.3 is 12.4 Å². The van der Waals surface area contributed by atoms with E-state index in [-0.39, 0.29) is 23.4 Å². The lowest BCUT2D eigenvalue weighted by Gasteiger charge is -2.36. The summed E-state index contributed by atoms with van der Waals surface area (Å²) in [6.45, 7) is 1.44. The zero-order valence-electron chi connectivity index (χ0n) is 17.2. The Morgan fingerprint density at radius 2 is 1.62 bits per heavy atom. The van der Waals surface area contributed by atoms with Gasteiger partial charge in [-0.05, 0) is 49.1 Å². The number of likely N-dealkylation sites (tertiary alicyclic amines) is 1. The van der Waals surface area contributed by atoms with Crippen LogP contribution >= 0.6 is 0 Å². The third-order valence-electron chi connectivity index (χ3n) is 5.95. The molecule has 0 saturated carbocycles. The molecule has 2 heterocycles. The number of fused-ring (bicyclic) bond motifs is 1. The van der Waals surface area contributed by atoms with E-state index in [1.165, 1.54) is 12.1 Å². The van der Waals surface area contributed by atoms with Gasteiger partial charge in [0.1, 0.15) is 5.69 Å². The molecule has 1 aliphatic rings. The molecular weight excluding hydrogens is 430 g/mol. The van der Waals surface area contributed by atoms with Gasteiger partial charge in [-0.2, -0.15) is 26.3 Å². The lowest BCUT2D eigenvalue weighted by molar-refractivity contribution is -0.142. The number of nitrogens with zero attached hydrogens (tertiary/aromatic N) is 2. The van der Waals surface area contributed by atoms with Gasteiger partial charge in [0.05, 0.1) is 11.1 Å². The van der Waals surface area contributed by atoms with Crippen LogP contribution in [0.2, 0.25) is 0 Å². The Morgan fingerprint density at radius 3 is 2.31 bits per heavy atom. The van der Waals surface area contributed by atoms with Crippen molar-refractivity contribution < 1.29 is 26.3 Å². The highest BCUT2D eigenvalue weighted by Crippen LogP contribution is 2.38. The highest BCUT2D eigenvalue weighted by atomic mass is 19.4. The van der Waals surface area contributed by atoms with Crippen molar-refractivity contribution in [3.8, 4) is 0 Å². The van der Waals surface area contributed by atoms with E-state index in [0.717, 1.165) is 43.5 Å². The molecule has 0 aliphatic carbocycles. The van der Waals surface area contributed by atoms with Crippen LogP contribution in [-0.4, -0.2) is 22.5 Å². The van der Waals surface area contributed by atoms with Gasteiger partial charge in [-0.15, -0.1) is 0 Å². The topological polar surface area (TPSA) is 16.1 Å². The number of alkyl halides is 6. The van der Waals surface area contributed by atoms with E-state index in [1.54, 1.807) is 0 Å². The Kier molecular flexibility index (Phi) is 6.16. The number of piperidine rings is 1. The van der Waals surface area contributed by atoms with Crippen LogP contribution in [0.3, 0.4) is 0 Å². The summed E-state index contributed by atoms with van der Waals surface area (Å²) in [4.78, 5) is 5.61. The lowest BCUT2D eigenvalue weighted by Crippen LogP contribution is -2.40. The summed E-state index contributed by atoms with van der Waals surface area (Å²) in [6.07, 6.45) is -6.71. The Morgan fingerprint density at radius 1 is 0.875 bits per heavy atom. The summed E-state index contributed by atoms with van der Waals surface area (Å²) >= 11 is 0. The first-order valence-corrected chi connectivity index (χ1v) is 10.5. The second-order valence-electron chi connectivity index (χ2n) is 8.17. The molecule has 8 heteroatoms. The first kappa shape index (κ1) is 22.6. The average Bonchev–Trinajstić information content (AvgIpc) is 2.74. The van der Waals surface area contributed by atoms with Crippen LogP contribution < -0.4 is 0 Å². The SMILES string of the molecule is FC(F)(F)c1cc(C[C@H]2CCCCN2Cc2ccccc2)c2cccc(C(F)(F)F)c2n1. The number of halogens is 6. The van der Waals surface area contributed by atoms with Crippen LogP contribution in [0.5, 0.6) is 0 Å². The van der Waals surface area contributed by atoms with E-state index in [0.29, 0.717) is 6.54 Å². The smallest absolute Gasteiger partial charge is 0.296 e. The van der Waals surface area contributed by atoms with Crippen LogP contribution in [0.25, 0.3) is 10.9 Å². The van der Waals surface area contributed by atoms with Crippen LogP contribution in [0.1, 0.15) is 41.6 Å². The maximum atomic E-state index is 13.5. The summed E-state index contributed by atoms with van der Waals surface area (Å²) in [7, 11) is 0. The van der Waals surface area contributed by atoms with Crippen LogP contribution in [0, 0.1) is 0 Å². The normalized spacial score (nSPS) is 18.2. The molecule has 0 radical (unpaired) electrons. The second kappa shape index (κ2) is 8.73. The van der Waals surface area contributed by atoms with Crippen LogP contribution in [0.15, 0.2) is 54.6 Å². The number of rotatable bonds is 4. The Balaban J connectivity index is 1.75. The number of hydrogen-bond acceptors (Lipinski definition) is 2. The first-order valence-electron chi connectivity index (χ1n) is 10.5. The highest BCUT2D eigenvalue weighted by Gasteiger charge is 2.37. The summed E-state index contributed by atoms with van der Waals surface area (Å²) in [6, 6.07) is 14.0. The van der Waals surface area contributed by atoms with E-state index in [2.05, 4.69) is 9.88 Å². The van der Waals surface area contributed by atoms with Gasteiger partial charge in [0, 0.05) is 18.0 Å². The third kappa shape index (κ3) is 4.90. The lowest BCUT2D eigenvalue weighted by atomic mass is 9.92. The molecule has 32 heavy (non-hydrogen) atoms. The Labute approximate surface area is 181 Å². The molecule has 0 amide bonds. The maximum Gasteiger partial charge on any atom is 0.433 e. The minimum absolute atomic E-state index is 0.0646. The van der Waals surface area contributed by atoms with Gasteiger partial charge in [-0.25, -0.2) is 4.98 Å². The van der Waals surface area contributed by atoms with E-state index < -0.39 is 29.1 Å². The minimum atomic E-state index is -4.84. The molecule has 1 aromatic heterocycles. The zero-order valence-corrected chi connectivity index (χ0v) is 17.2. The summed E-state index contributed by atoms with van der Waals surface area (Å²) < 4.78 is 81.1. The molecule has 0 bridgehead atoms. The molecule has 1 fully saturated rings. The molecule has 2 nitrogen and oxygen atoms in total. The first-order chi connectivity index (χ1) is 15.1. The summed E-state index contributed by atoms with van der Waals surface area (Å²) in [5, 5.41) is 0.123. The zero-order chi connectivity index (χ0) is 22.9. The van der Waals surface area contributed by atoms with E-state index in [4.69, 9.17) is 0 Å². The number of hydrogen-bond donors (Lipinski definition) is 0. The predicted molar refractivity (Wildman–Crippen MR) is 110 cm³/mol. The molecule has 1 saturated heterocycles. The molecule has 0 unspecified atom stereocenters. The van der Waals surface area contributed by atoms with E-state index in [9.17, 15) is 26.3 Å². The molecular formula is C24H22F6N2. The predicted octanol–water partition coefficient (Wildman–Crippen LogP) is 6.87. The standard InChI is InChI=1S/C24H22F6N2/c25-23(26,27)20-11-6-10-19-17(14-21(24(28,29)30)31-22(19)20)13-18-9-4-5-12-32(18)15-16-7-2-1-3-8-16/h1-3,6-8,10-11,14,18H,4-5,9,12-13,15H2/t18-/m1/s1. The van der Waals surface area contributed by atoms with Gasteiger partial charge < -0.3 is 0 Å². The number of benzene rings is 2. The molecule has 0 N–H and O–H groups in total. The molecule has 170 valence electrons. The molecule has 1 aliphatic heterocycles. The molecule has 2 aromatic carbocycles. The van der Waals surface area contributed by atoms with Crippen molar-refractivity contribution in [2.45, 2.75) is 50.6 Å². The fourth-order valence-corrected chi connectivity index (χ4v) is 4.43. The second-order valence-corrected chi connectivity index (χ2v) is 8.17.